The number of anilines is 1. The molecule has 2 aromatic carbocycles. The molecule has 20 heavy (non-hydrogen) atoms. The highest BCUT2D eigenvalue weighted by Crippen LogP contribution is 2.35. The first kappa shape index (κ1) is 15.3. The largest absolute Gasteiger partial charge is 0.416 e. The van der Waals surface area contributed by atoms with E-state index in [1.54, 1.807) is 0 Å². The molecule has 0 aliphatic heterocycles. The molecule has 2 N–H and O–H groups in total. The summed E-state index contributed by atoms with van der Waals surface area (Å²) in [5.41, 5.74) is 6.19. The van der Waals surface area contributed by atoms with Crippen LogP contribution in [0.25, 0.3) is 0 Å². The third-order valence-corrected chi connectivity index (χ3v) is 4.27. The fraction of sp³-hybridized carbons (Fsp3) is 0.143. The highest BCUT2D eigenvalue weighted by Gasteiger charge is 2.30. The first-order valence-corrected chi connectivity index (χ1v) is 7.48. The Morgan fingerprint density at radius 3 is 2.45 bits per heavy atom. The molecule has 6 heteroatoms. The lowest BCUT2D eigenvalue weighted by Crippen LogP contribution is -2.05. The number of benzene rings is 2. The van der Waals surface area contributed by atoms with Crippen molar-refractivity contribution in [2.24, 2.45) is 0 Å². The minimum absolute atomic E-state index is 0.153. The van der Waals surface area contributed by atoms with Crippen molar-refractivity contribution in [2.75, 3.05) is 5.73 Å². The molecule has 0 aliphatic carbocycles. The molecule has 106 valence electrons. The van der Waals surface area contributed by atoms with E-state index in [4.69, 9.17) is 5.73 Å². The van der Waals surface area contributed by atoms with E-state index in [0.717, 1.165) is 22.2 Å². The van der Waals surface area contributed by atoms with Gasteiger partial charge in [0.25, 0.3) is 0 Å². The van der Waals surface area contributed by atoms with Crippen LogP contribution in [0.15, 0.2) is 51.8 Å². The van der Waals surface area contributed by atoms with E-state index in [-0.39, 0.29) is 5.69 Å². The van der Waals surface area contributed by atoms with Gasteiger partial charge < -0.3 is 5.73 Å². The van der Waals surface area contributed by atoms with Crippen LogP contribution in [0.2, 0.25) is 0 Å². The lowest BCUT2D eigenvalue weighted by Gasteiger charge is -2.10. The molecule has 0 aromatic heterocycles. The molecular formula is C14H11BrF3NS. The van der Waals surface area contributed by atoms with Crippen LogP contribution in [0.3, 0.4) is 0 Å². The summed E-state index contributed by atoms with van der Waals surface area (Å²) < 4.78 is 38.6. The lowest BCUT2D eigenvalue weighted by atomic mass is 10.2. The van der Waals surface area contributed by atoms with Crippen LogP contribution in [0, 0.1) is 0 Å². The minimum atomic E-state index is -4.36. The molecule has 0 unspecified atom stereocenters. The topological polar surface area (TPSA) is 26.0 Å². The zero-order valence-corrected chi connectivity index (χ0v) is 12.6. The van der Waals surface area contributed by atoms with Crippen LogP contribution in [-0.4, -0.2) is 0 Å². The predicted molar refractivity (Wildman–Crippen MR) is 79.6 cm³/mol. The Labute approximate surface area is 127 Å². The van der Waals surface area contributed by atoms with Gasteiger partial charge in [-0.2, -0.15) is 13.2 Å². The van der Waals surface area contributed by atoms with Crippen LogP contribution < -0.4 is 5.73 Å². The maximum Gasteiger partial charge on any atom is 0.416 e. The number of nitrogens with two attached hydrogens (primary N) is 1. The van der Waals surface area contributed by atoms with E-state index in [0.29, 0.717) is 10.6 Å². The number of hydrogen-bond acceptors (Lipinski definition) is 2. The van der Waals surface area contributed by atoms with Crippen molar-refractivity contribution in [2.45, 2.75) is 16.8 Å². The van der Waals surface area contributed by atoms with E-state index < -0.39 is 11.7 Å². The number of nitrogen functional groups attached to an aromatic ring is 1. The molecule has 0 amide bonds. The number of hydrogen-bond donors (Lipinski definition) is 1. The van der Waals surface area contributed by atoms with E-state index in [1.165, 1.54) is 17.8 Å². The molecular weight excluding hydrogens is 351 g/mol. The van der Waals surface area contributed by atoms with Crippen molar-refractivity contribution in [3.05, 3.63) is 58.1 Å². The van der Waals surface area contributed by atoms with Crippen molar-refractivity contribution in [1.82, 2.24) is 0 Å². The summed E-state index contributed by atoms with van der Waals surface area (Å²) in [4.78, 5) is 0.651. The fourth-order valence-electron chi connectivity index (χ4n) is 1.64. The second-order valence-electron chi connectivity index (χ2n) is 4.17. The Kier molecular flexibility index (Phi) is 4.65. The molecule has 0 aliphatic rings. The molecule has 0 saturated carbocycles. The van der Waals surface area contributed by atoms with Gasteiger partial charge in [-0.05, 0) is 35.9 Å². The Balaban J connectivity index is 2.11. The van der Waals surface area contributed by atoms with Gasteiger partial charge in [-0.15, -0.1) is 11.8 Å². The van der Waals surface area contributed by atoms with Gasteiger partial charge in [-0.25, -0.2) is 0 Å². The van der Waals surface area contributed by atoms with Gasteiger partial charge in [0.05, 0.1) is 5.56 Å². The fourth-order valence-corrected chi connectivity index (χ4v) is 2.98. The van der Waals surface area contributed by atoms with Gasteiger partial charge in [0.1, 0.15) is 0 Å². The number of halogens is 4. The van der Waals surface area contributed by atoms with E-state index in [1.807, 2.05) is 24.3 Å². The molecule has 0 heterocycles. The Bertz CT molecular complexity index is 614. The molecule has 0 spiro atoms. The smallest absolute Gasteiger partial charge is 0.398 e. The maximum atomic E-state index is 12.5. The van der Waals surface area contributed by atoms with E-state index in [9.17, 15) is 13.2 Å². The van der Waals surface area contributed by atoms with Gasteiger partial charge in [-0.1, -0.05) is 28.1 Å². The summed E-state index contributed by atoms with van der Waals surface area (Å²) in [5, 5.41) is 0. The molecule has 2 aromatic rings. The Hall–Kier alpha value is -1.14. The average Bonchev–Trinajstić information content (AvgIpc) is 2.36. The van der Waals surface area contributed by atoms with E-state index >= 15 is 0 Å². The third kappa shape index (κ3) is 3.93. The summed E-state index contributed by atoms with van der Waals surface area (Å²) in [7, 11) is 0. The first-order chi connectivity index (χ1) is 9.36. The van der Waals surface area contributed by atoms with Crippen LogP contribution in [0.4, 0.5) is 18.9 Å². The molecule has 0 atom stereocenters. The van der Waals surface area contributed by atoms with Gasteiger partial charge >= 0.3 is 6.18 Å². The summed E-state index contributed by atoms with van der Waals surface area (Å²) >= 11 is 4.79. The SMILES string of the molecule is Nc1cc(C(F)(F)F)ccc1SCc1cccc(Br)c1. The van der Waals surface area contributed by atoms with Crippen molar-refractivity contribution >= 4 is 33.4 Å². The van der Waals surface area contributed by atoms with Crippen LogP contribution in [0.1, 0.15) is 11.1 Å². The monoisotopic (exact) mass is 361 g/mol. The Morgan fingerprint density at radius 1 is 1.10 bits per heavy atom. The standard InChI is InChI=1S/C14H11BrF3NS/c15-11-3-1-2-9(6-11)8-20-13-5-4-10(7-12(13)19)14(16,17)18/h1-7H,8,19H2. The van der Waals surface area contributed by atoms with Crippen molar-refractivity contribution < 1.29 is 13.2 Å². The highest BCUT2D eigenvalue weighted by atomic mass is 79.9. The number of rotatable bonds is 3. The first-order valence-electron chi connectivity index (χ1n) is 5.70. The minimum Gasteiger partial charge on any atom is -0.398 e. The van der Waals surface area contributed by atoms with Gasteiger partial charge in [0.2, 0.25) is 0 Å². The average molecular weight is 362 g/mol. The molecule has 0 saturated heterocycles. The molecule has 1 nitrogen and oxygen atoms in total. The van der Waals surface area contributed by atoms with Crippen molar-refractivity contribution in [3.63, 3.8) is 0 Å². The zero-order chi connectivity index (χ0) is 14.8. The number of alkyl halides is 3. The lowest BCUT2D eigenvalue weighted by molar-refractivity contribution is -0.137. The quantitative estimate of drug-likeness (QED) is 0.589. The number of thioether (sulfide) groups is 1. The van der Waals surface area contributed by atoms with Crippen molar-refractivity contribution in [3.8, 4) is 0 Å². The van der Waals surface area contributed by atoms with E-state index in [2.05, 4.69) is 15.9 Å². The zero-order valence-electron chi connectivity index (χ0n) is 10.2. The Morgan fingerprint density at radius 2 is 1.85 bits per heavy atom. The highest BCUT2D eigenvalue weighted by molar-refractivity contribution is 9.10. The van der Waals surface area contributed by atoms with Gasteiger partial charge in [-0.3, -0.25) is 0 Å². The summed E-state index contributed by atoms with van der Waals surface area (Å²) in [6, 6.07) is 11.2. The predicted octanol–water partition coefficient (Wildman–Crippen LogP) is 5.34. The van der Waals surface area contributed by atoms with Gasteiger partial charge in [0.15, 0.2) is 0 Å². The van der Waals surface area contributed by atoms with Gasteiger partial charge in [0, 0.05) is 20.8 Å². The second kappa shape index (κ2) is 6.10. The maximum absolute atomic E-state index is 12.5. The molecule has 0 radical (unpaired) electrons. The van der Waals surface area contributed by atoms with Crippen LogP contribution in [-0.2, 0) is 11.9 Å². The van der Waals surface area contributed by atoms with Crippen molar-refractivity contribution in [1.29, 1.82) is 0 Å². The molecule has 0 fully saturated rings. The summed E-state index contributed by atoms with van der Waals surface area (Å²) in [6.07, 6.45) is -4.36. The van der Waals surface area contributed by atoms with Crippen LogP contribution in [0.5, 0.6) is 0 Å². The summed E-state index contributed by atoms with van der Waals surface area (Å²) in [5.74, 6) is 0.648. The normalized spacial score (nSPS) is 11.6. The second-order valence-corrected chi connectivity index (χ2v) is 6.10. The summed E-state index contributed by atoms with van der Waals surface area (Å²) in [6.45, 7) is 0. The molecule has 2 rings (SSSR count). The third-order valence-electron chi connectivity index (χ3n) is 2.62. The molecule has 0 bridgehead atoms. The van der Waals surface area contributed by atoms with Crippen LogP contribution >= 0.6 is 27.7 Å².